The van der Waals surface area contributed by atoms with Gasteiger partial charge in [-0.25, -0.2) is 0 Å². The van der Waals surface area contributed by atoms with E-state index >= 15 is 0 Å². The van der Waals surface area contributed by atoms with Gasteiger partial charge >= 0.3 is 0 Å². The molecule has 0 fully saturated rings. The van der Waals surface area contributed by atoms with Crippen molar-refractivity contribution in [1.29, 1.82) is 0 Å². The smallest absolute Gasteiger partial charge is 0.188 e. The molecule has 20 heavy (non-hydrogen) atoms. The molecular formula is C17H26O3. The fourth-order valence-corrected chi connectivity index (χ4v) is 1.96. The van der Waals surface area contributed by atoms with Crippen LogP contribution in [0.3, 0.4) is 0 Å². The maximum absolute atomic E-state index is 11.9. The molecule has 0 bridgehead atoms. The van der Waals surface area contributed by atoms with E-state index in [1.807, 2.05) is 19.1 Å². The summed E-state index contributed by atoms with van der Waals surface area (Å²) in [6, 6.07) is 7.22. The summed E-state index contributed by atoms with van der Waals surface area (Å²) in [4.78, 5) is 11.9. The summed E-state index contributed by atoms with van der Waals surface area (Å²) in [5.41, 5.74) is 0.680. The van der Waals surface area contributed by atoms with Crippen LogP contribution in [0.25, 0.3) is 0 Å². The van der Waals surface area contributed by atoms with Crippen LogP contribution in [0.15, 0.2) is 24.3 Å². The number of rotatable bonds is 11. The molecule has 0 aliphatic carbocycles. The van der Waals surface area contributed by atoms with Crippen LogP contribution >= 0.6 is 0 Å². The Morgan fingerprint density at radius 2 is 1.70 bits per heavy atom. The van der Waals surface area contributed by atoms with Crippen LogP contribution in [0.2, 0.25) is 0 Å². The number of unbranched alkanes of at least 4 members (excludes halogenated alkanes) is 4. The number of ether oxygens (including phenoxy) is 2. The molecule has 0 spiro atoms. The molecule has 1 aromatic carbocycles. The van der Waals surface area contributed by atoms with Gasteiger partial charge in [0, 0.05) is 12.2 Å². The van der Waals surface area contributed by atoms with Gasteiger partial charge in [-0.05, 0) is 37.6 Å². The summed E-state index contributed by atoms with van der Waals surface area (Å²) in [5, 5.41) is 0. The van der Waals surface area contributed by atoms with Crippen LogP contribution in [-0.2, 0) is 4.74 Å². The van der Waals surface area contributed by atoms with Gasteiger partial charge in [0.1, 0.15) is 12.4 Å². The second-order valence-electron chi connectivity index (χ2n) is 4.85. The molecule has 0 radical (unpaired) electrons. The van der Waals surface area contributed by atoms with Crippen molar-refractivity contribution >= 4 is 5.78 Å². The third-order valence-corrected chi connectivity index (χ3v) is 3.11. The standard InChI is InChI=1S/C17H26O3/c1-3-5-6-7-8-13-19-14-17(18)15-9-11-16(12-10-15)20-4-2/h9-12H,3-8,13-14H2,1-2H3. The average molecular weight is 278 g/mol. The zero-order valence-corrected chi connectivity index (χ0v) is 12.7. The SMILES string of the molecule is CCCCCCCOCC(=O)c1ccc(OCC)cc1. The van der Waals surface area contributed by atoms with E-state index in [4.69, 9.17) is 9.47 Å². The molecule has 0 heterocycles. The quantitative estimate of drug-likeness (QED) is 0.448. The van der Waals surface area contributed by atoms with E-state index in [-0.39, 0.29) is 12.4 Å². The van der Waals surface area contributed by atoms with Crippen LogP contribution in [-0.4, -0.2) is 25.6 Å². The summed E-state index contributed by atoms with van der Waals surface area (Å²) < 4.78 is 10.8. The van der Waals surface area contributed by atoms with Crippen LogP contribution in [0.5, 0.6) is 5.75 Å². The van der Waals surface area contributed by atoms with Crippen molar-refractivity contribution in [2.75, 3.05) is 19.8 Å². The Balaban J connectivity index is 2.18. The molecule has 3 heteroatoms. The van der Waals surface area contributed by atoms with E-state index in [2.05, 4.69) is 6.92 Å². The van der Waals surface area contributed by atoms with E-state index in [0.717, 1.165) is 12.2 Å². The number of carbonyl (C=O) groups excluding carboxylic acids is 1. The first-order valence-corrected chi connectivity index (χ1v) is 7.61. The van der Waals surface area contributed by atoms with E-state index in [0.29, 0.717) is 18.8 Å². The molecule has 0 saturated carbocycles. The normalized spacial score (nSPS) is 10.5. The first kappa shape index (κ1) is 16.7. The van der Waals surface area contributed by atoms with Gasteiger partial charge in [0.2, 0.25) is 0 Å². The van der Waals surface area contributed by atoms with E-state index in [9.17, 15) is 4.79 Å². The van der Waals surface area contributed by atoms with Crippen molar-refractivity contribution in [3.05, 3.63) is 29.8 Å². The fourth-order valence-electron chi connectivity index (χ4n) is 1.96. The van der Waals surface area contributed by atoms with Crippen LogP contribution < -0.4 is 4.74 Å². The average Bonchev–Trinajstić information content (AvgIpc) is 2.47. The van der Waals surface area contributed by atoms with Crippen molar-refractivity contribution in [2.45, 2.75) is 46.0 Å². The summed E-state index contributed by atoms with van der Waals surface area (Å²) >= 11 is 0. The molecule has 1 rings (SSSR count). The monoisotopic (exact) mass is 278 g/mol. The third-order valence-electron chi connectivity index (χ3n) is 3.11. The number of benzene rings is 1. The first-order valence-electron chi connectivity index (χ1n) is 7.61. The Labute approximate surface area is 122 Å². The highest BCUT2D eigenvalue weighted by molar-refractivity contribution is 5.97. The highest BCUT2D eigenvalue weighted by atomic mass is 16.5. The number of hydrogen-bond acceptors (Lipinski definition) is 3. The molecule has 3 nitrogen and oxygen atoms in total. The topological polar surface area (TPSA) is 35.5 Å². The summed E-state index contributed by atoms with van der Waals surface area (Å²) in [7, 11) is 0. The molecular weight excluding hydrogens is 252 g/mol. The predicted molar refractivity (Wildman–Crippen MR) is 81.5 cm³/mol. The Morgan fingerprint density at radius 3 is 2.35 bits per heavy atom. The molecule has 0 unspecified atom stereocenters. The highest BCUT2D eigenvalue weighted by Crippen LogP contribution is 2.12. The summed E-state index contributed by atoms with van der Waals surface area (Å²) in [6.07, 6.45) is 6.01. The van der Waals surface area contributed by atoms with Gasteiger partial charge in [-0.1, -0.05) is 32.6 Å². The molecule has 0 amide bonds. The predicted octanol–water partition coefficient (Wildman–Crippen LogP) is 4.26. The molecule has 0 N–H and O–H groups in total. The second-order valence-corrected chi connectivity index (χ2v) is 4.85. The van der Waals surface area contributed by atoms with E-state index in [1.54, 1.807) is 12.1 Å². The summed E-state index contributed by atoms with van der Waals surface area (Å²) in [5.74, 6) is 0.822. The Hall–Kier alpha value is -1.35. The van der Waals surface area contributed by atoms with Crippen LogP contribution in [0.1, 0.15) is 56.3 Å². The van der Waals surface area contributed by atoms with Crippen molar-refractivity contribution in [1.82, 2.24) is 0 Å². The lowest BCUT2D eigenvalue weighted by atomic mass is 10.1. The highest BCUT2D eigenvalue weighted by Gasteiger charge is 2.05. The maximum Gasteiger partial charge on any atom is 0.188 e. The van der Waals surface area contributed by atoms with Gasteiger partial charge in [-0.3, -0.25) is 4.79 Å². The number of Topliss-reactive ketones (excluding diaryl/α,β-unsaturated/α-hetero) is 1. The lowest BCUT2D eigenvalue weighted by Gasteiger charge is -2.06. The lowest BCUT2D eigenvalue weighted by Crippen LogP contribution is -2.09. The molecule has 0 aliphatic heterocycles. The van der Waals surface area contributed by atoms with E-state index in [1.165, 1.54) is 25.7 Å². The molecule has 0 aliphatic rings. The van der Waals surface area contributed by atoms with Crippen molar-refractivity contribution in [2.24, 2.45) is 0 Å². The molecule has 1 aromatic rings. The minimum absolute atomic E-state index is 0.0293. The molecule has 0 atom stereocenters. The van der Waals surface area contributed by atoms with Gasteiger partial charge < -0.3 is 9.47 Å². The Morgan fingerprint density at radius 1 is 1.00 bits per heavy atom. The van der Waals surface area contributed by atoms with Crippen molar-refractivity contribution in [3.8, 4) is 5.75 Å². The maximum atomic E-state index is 11.9. The summed E-state index contributed by atoms with van der Waals surface area (Å²) in [6.45, 7) is 5.61. The van der Waals surface area contributed by atoms with Gasteiger partial charge in [0.15, 0.2) is 5.78 Å². The van der Waals surface area contributed by atoms with Gasteiger partial charge in [-0.15, -0.1) is 0 Å². The number of ketones is 1. The van der Waals surface area contributed by atoms with Crippen LogP contribution in [0.4, 0.5) is 0 Å². The van der Waals surface area contributed by atoms with Crippen molar-refractivity contribution in [3.63, 3.8) is 0 Å². The molecule has 0 aromatic heterocycles. The minimum atomic E-state index is 0.0293. The Kier molecular flexibility index (Phi) is 8.72. The zero-order chi connectivity index (χ0) is 14.6. The number of carbonyl (C=O) groups is 1. The fraction of sp³-hybridized carbons (Fsp3) is 0.588. The molecule has 112 valence electrons. The Bertz CT molecular complexity index is 370. The largest absolute Gasteiger partial charge is 0.494 e. The van der Waals surface area contributed by atoms with Crippen molar-refractivity contribution < 1.29 is 14.3 Å². The molecule has 0 saturated heterocycles. The first-order chi connectivity index (χ1) is 9.77. The lowest BCUT2D eigenvalue weighted by molar-refractivity contribution is 0.0752. The van der Waals surface area contributed by atoms with Crippen LogP contribution in [0, 0.1) is 0 Å². The second kappa shape index (κ2) is 10.4. The number of hydrogen-bond donors (Lipinski definition) is 0. The zero-order valence-electron chi connectivity index (χ0n) is 12.7. The van der Waals surface area contributed by atoms with E-state index < -0.39 is 0 Å². The van der Waals surface area contributed by atoms with Gasteiger partial charge in [0.25, 0.3) is 0 Å². The minimum Gasteiger partial charge on any atom is -0.494 e. The van der Waals surface area contributed by atoms with Gasteiger partial charge in [0.05, 0.1) is 6.61 Å². The third kappa shape index (κ3) is 6.71. The van der Waals surface area contributed by atoms with Gasteiger partial charge in [-0.2, -0.15) is 0 Å².